The predicted molar refractivity (Wildman–Crippen MR) is 70.6 cm³/mol. The minimum Gasteiger partial charge on any atom is -0.481 e. The van der Waals surface area contributed by atoms with Crippen molar-refractivity contribution in [1.82, 2.24) is 4.98 Å². The molecule has 0 aliphatic carbocycles. The molecule has 1 N–H and O–H groups in total. The Hall–Kier alpha value is -2.01. The van der Waals surface area contributed by atoms with Crippen LogP contribution in [-0.4, -0.2) is 23.3 Å². The summed E-state index contributed by atoms with van der Waals surface area (Å²) in [6, 6.07) is 7.14. The maximum atomic E-state index is 13.1. The molecule has 1 aromatic carbocycles. The first kappa shape index (κ1) is 14.4. The van der Waals surface area contributed by atoms with E-state index in [4.69, 9.17) is 4.74 Å². The van der Waals surface area contributed by atoms with E-state index < -0.39 is 17.7 Å². The normalized spacial score (nSPS) is 12.2. The van der Waals surface area contributed by atoms with Gasteiger partial charge in [-0.3, -0.25) is 0 Å². The molecule has 5 heteroatoms. The Kier molecular flexibility index (Phi) is 4.63. The van der Waals surface area contributed by atoms with E-state index in [0.29, 0.717) is 17.9 Å². The van der Waals surface area contributed by atoms with Gasteiger partial charge >= 0.3 is 0 Å². The van der Waals surface area contributed by atoms with Gasteiger partial charge in [-0.25, -0.2) is 13.8 Å². The Bertz CT molecular complexity index is 573. The first-order chi connectivity index (χ1) is 9.58. The minimum absolute atomic E-state index is 0.253. The lowest BCUT2D eigenvalue weighted by Gasteiger charge is -2.11. The molecule has 106 valence electrons. The van der Waals surface area contributed by atoms with Crippen LogP contribution in [0.3, 0.4) is 0 Å². The Labute approximate surface area is 115 Å². The van der Waals surface area contributed by atoms with Crippen LogP contribution in [0.25, 0.3) is 0 Å². The molecule has 0 radical (unpaired) electrons. The maximum absolute atomic E-state index is 13.1. The molecule has 1 atom stereocenters. The summed E-state index contributed by atoms with van der Waals surface area (Å²) >= 11 is 0. The van der Waals surface area contributed by atoms with Gasteiger partial charge in [0.15, 0.2) is 11.6 Å². The predicted octanol–water partition coefficient (Wildman–Crippen LogP) is 2.51. The van der Waals surface area contributed by atoms with E-state index in [0.717, 1.165) is 17.7 Å². The average Bonchev–Trinajstić information content (AvgIpc) is 2.44. The van der Waals surface area contributed by atoms with Crippen LogP contribution >= 0.6 is 0 Å². The number of pyridine rings is 1. The standard InChI is InChI=1S/C15H15F2NO2/c1-20-15-5-3-11(9-18-15)7-12(19)6-10-2-4-13(16)14(17)8-10/h2-5,8-9,12,19H,6-7H2,1H3. The van der Waals surface area contributed by atoms with Crippen molar-refractivity contribution in [3.8, 4) is 5.88 Å². The summed E-state index contributed by atoms with van der Waals surface area (Å²) in [7, 11) is 1.53. The van der Waals surface area contributed by atoms with Gasteiger partial charge in [-0.15, -0.1) is 0 Å². The molecule has 0 amide bonds. The number of aliphatic hydroxyl groups is 1. The summed E-state index contributed by atoms with van der Waals surface area (Å²) in [5, 5.41) is 9.97. The number of halogens is 2. The molecule has 0 saturated carbocycles. The molecule has 2 rings (SSSR count). The van der Waals surface area contributed by atoms with Crippen LogP contribution in [0.2, 0.25) is 0 Å². The molecule has 1 aromatic heterocycles. The van der Waals surface area contributed by atoms with Crippen molar-refractivity contribution in [2.45, 2.75) is 18.9 Å². The van der Waals surface area contributed by atoms with Crippen LogP contribution in [0.4, 0.5) is 8.78 Å². The summed E-state index contributed by atoms with van der Waals surface area (Å²) in [6.07, 6.45) is 1.57. The Morgan fingerprint density at radius 2 is 1.80 bits per heavy atom. The lowest BCUT2D eigenvalue weighted by atomic mass is 10.0. The molecule has 2 aromatic rings. The van der Waals surface area contributed by atoms with Gasteiger partial charge in [0.2, 0.25) is 5.88 Å². The molecule has 0 aliphatic rings. The summed E-state index contributed by atoms with van der Waals surface area (Å²) in [4.78, 5) is 4.04. The van der Waals surface area contributed by atoms with Gasteiger partial charge in [-0.05, 0) is 29.7 Å². The molecule has 1 unspecified atom stereocenters. The van der Waals surface area contributed by atoms with Crippen LogP contribution < -0.4 is 4.74 Å². The highest BCUT2D eigenvalue weighted by atomic mass is 19.2. The largest absolute Gasteiger partial charge is 0.481 e. The smallest absolute Gasteiger partial charge is 0.212 e. The monoisotopic (exact) mass is 279 g/mol. The number of aliphatic hydroxyl groups excluding tert-OH is 1. The second-order valence-corrected chi connectivity index (χ2v) is 4.52. The van der Waals surface area contributed by atoms with Crippen molar-refractivity contribution < 1.29 is 18.6 Å². The minimum atomic E-state index is -0.902. The number of benzene rings is 1. The lowest BCUT2D eigenvalue weighted by molar-refractivity contribution is 0.175. The van der Waals surface area contributed by atoms with Gasteiger partial charge in [0.1, 0.15) is 0 Å². The quantitative estimate of drug-likeness (QED) is 0.914. The zero-order chi connectivity index (χ0) is 14.5. The molecule has 0 spiro atoms. The molecule has 3 nitrogen and oxygen atoms in total. The molecule has 0 aliphatic heterocycles. The highest BCUT2D eigenvalue weighted by Gasteiger charge is 2.10. The lowest BCUT2D eigenvalue weighted by Crippen LogP contribution is -2.14. The Morgan fingerprint density at radius 1 is 1.10 bits per heavy atom. The summed E-state index contributed by atoms with van der Waals surface area (Å²) < 4.78 is 30.8. The van der Waals surface area contributed by atoms with Crippen molar-refractivity contribution in [3.05, 3.63) is 59.3 Å². The first-order valence-electron chi connectivity index (χ1n) is 6.19. The van der Waals surface area contributed by atoms with E-state index in [1.165, 1.54) is 13.2 Å². The van der Waals surface area contributed by atoms with Gasteiger partial charge in [0.25, 0.3) is 0 Å². The van der Waals surface area contributed by atoms with Crippen molar-refractivity contribution in [3.63, 3.8) is 0 Å². The fourth-order valence-electron chi connectivity index (χ4n) is 1.94. The van der Waals surface area contributed by atoms with Crippen LogP contribution in [0.5, 0.6) is 5.88 Å². The van der Waals surface area contributed by atoms with Crippen molar-refractivity contribution in [1.29, 1.82) is 0 Å². The topological polar surface area (TPSA) is 42.4 Å². The fraction of sp³-hybridized carbons (Fsp3) is 0.267. The van der Waals surface area contributed by atoms with Crippen LogP contribution in [0.15, 0.2) is 36.5 Å². The van der Waals surface area contributed by atoms with Crippen LogP contribution in [-0.2, 0) is 12.8 Å². The first-order valence-corrected chi connectivity index (χ1v) is 6.19. The van der Waals surface area contributed by atoms with Gasteiger partial charge in [-0.2, -0.15) is 0 Å². The van der Waals surface area contributed by atoms with E-state index in [2.05, 4.69) is 4.98 Å². The summed E-state index contributed by atoms with van der Waals surface area (Å²) in [6.45, 7) is 0. The van der Waals surface area contributed by atoms with Crippen molar-refractivity contribution >= 4 is 0 Å². The maximum Gasteiger partial charge on any atom is 0.212 e. The number of hydrogen-bond acceptors (Lipinski definition) is 3. The Morgan fingerprint density at radius 3 is 2.40 bits per heavy atom. The number of aromatic nitrogens is 1. The molecule has 0 saturated heterocycles. The number of hydrogen-bond donors (Lipinski definition) is 1. The zero-order valence-electron chi connectivity index (χ0n) is 11.0. The number of rotatable bonds is 5. The van der Waals surface area contributed by atoms with Crippen LogP contribution in [0.1, 0.15) is 11.1 Å². The third kappa shape index (κ3) is 3.74. The van der Waals surface area contributed by atoms with Gasteiger partial charge in [0, 0.05) is 18.7 Å². The van der Waals surface area contributed by atoms with Crippen molar-refractivity contribution in [2.75, 3.05) is 7.11 Å². The molecular formula is C15H15F2NO2. The van der Waals surface area contributed by atoms with Gasteiger partial charge < -0.3 is 9.84 Å². The summed E-state index contributed by atoms with van der Waals surface area (Å²) in [5.41, 5.74) is 1.40. The molecule has 1 heterocycles. The highest BCUT2D eigenvalue weighted by molar-refractivity contribution is 5.21. The Balaban J connectivity index is 1.97. The zero-order valence-corrected chi connectivity index (χ0v) is 11.0. The van der Waals surface area contributed by atoms with Crippen LogP contribution in [0, 0.1) is 11.6 Å². The van der Waals surface area contributed by atoms with E-state index >= 15 is 0 Å². The average molecular weight is 279 g/mol. The van der Waals surface area contributed by atoms with Gasteiger partial charge in [0.05, 0.1) is 13.2 Å². The highest BCUT2D eigenvalue weighted by Crippen LogP contribution is 2.14. The SMILES string of the molecule is COc1ccc(CC(O)Cc2ccc(F)c(F)c2)cn1. The van der Waals surface area contributed by atoms with E-state index in [9.17, 15) is 13.9 Å². The number of ether oxygens (including phenoxy) is 1. The summed E-state index contributed by atoms with van der Waals surface area (Å²) in [5.74, 6) is -1.28. The second kappa shape index (κ2) is 6.43. The van der Waals surface area contributed by atoms with E-state index in [-0.39, 0.29) is 6.42 Å². The third-order valence-electron chi connectivity index (χ3n) is 2.93. The van der Waals surface area contributed by atoms with Gasteiger partial charge in [-0.1, -0.05) is 12.1 Å². The molecule has 20 heavy (non-hydrogen) atoms. The molecule has 0 fully saturated rings. The number of nitrogens with zero attached hydrogens (tertiary/aromatic N) is 1. The third-order valence-corrected chi connectivity index (χ3v) is 2.93. The van der Waals surface area contributed by atoms with Crippen molar-refractivity contribution in [2.24, 2.45) is 0 Å². The number of methoxy groups -OCH3 is 1. The fourth-order valence-corrected chi connectivity index (χ4v) is 1.94. The molecule has 0 bridgehead atoms. The van der Waals surface area contributed by atoms with E-state index in [1.54, 1.807) is 18.3 Å². The van der Waals surface area contributed by atoms with E-state index in [1.807, 2.05) is 0 Å². The molecular weight excluding hydrogens is 264 g/mol. The second-order valence-electron chi connectivity index (χ2n) is 4.52.